The second-order valence-corrected chi connectivity index (χ2v) is 5.56. The summed E-state index contributed by atoms with van der Waals surface area (Å²) in [6, 6.07) is 13.5. The van der Waals surface area contributed by atoms with E-state index in [1.54, 1.807) is 0 Å². The van der Waals surface area contributed by atoms with E-state index in [1.807, 2.05) is 49.4 Å². The van der Waals surface area contributed by atoms with E-state index in [4.69, 9.17) is 22.1 Å². The van der Waals surface area contributed by atoms with Gasteiger partial charge >= 0.3 is 0 Å². The summed E-state index contributed by atoms with van der Waals surface area (Å²) in [5.41, 5.74) is 7.90. The summed E-state index contributed by atoms with van der Waals surface area (Å²) in [5, 5.41) is 0.656. The largest absolute Gasteiger partial charge is 0.484 e. The second kappa shape index (κ2) is 6.42. The molecule has 1 atom stereocenters. The van der Waals surface area contributed by atoms with Crippen molar-refractivity contribution in [2.45, 2.75) is 13.0 Å². The van der Waals surface area contributed by atoms with Crippen LogP contribution in [0.2, 0.25) is 5.02 Å². The van der Waals surface area contributed by atoms with Gasteiger partial charge in [0.05, 0.1) is 0 Å². The lowest BCUT2D eigenvalue weighted by Crippen LogP contribution is -2.19. The number of hydrogen-bond acceptors (Lipinski definition) is 2. The lowest BCUT2D eigenvalue weighted by atomic mass is 10.1. The monoisotopic (exact) mass is 339 g/mol. The Labute approximate surface area is 126 Å². The number of halogens is 2. The molecule has 0 spiro atoms. The van der Waals surface area contributed by atoms with Crippen molar-refractivity contribution in [1.29, 1.82) is 0 Å². The molecule has 0 saturated heterocycles. The number of nitrogens with two attached hydrogens (primary N) is 1. The van der Waals surface area contributed by atoms with Crippen molar-refractivity contribution in [3.63, 3.8) is 0 Å². The zero-order valence-electron chi connectivity index (χ0n) is 10.6. The van der Waals surface area contributed by atoms with Gasteiger partial charge in [-0.25, -0.2) is 0 Å². The third-order valence-electron chi connectivity index (χ3n) is 2.89. The third-order valence-corrected chi connectivity index (χ3v) is 3.84. The first kappa shape index (κ1) is 14.4. The van der Waals surface area contributed by atoms with E-state index in [9.17, 15) is 0 Å². The number of ether oxygens (including phenoxy) is 1. The minimum absolute atomic E-state index is 0.201. The molecule has 0 aromatic heterocycles. The standard InChI is InChI=1S/C15H15BrClNO/c1-10-6-7-11(17)8-14(10)19-15(9-18)12-4-2-3-5-13(12)16/h2-8,15H,9,18H2,1H3. The van der Waals surface area contributed by atoms with Gasteiger partial charge in [0.25, 0.3) is 0 Å². The van der Waals surface area contributed by atoms with Crippen LogP contribution >= 0.6 is 27.5 Å². The Kier molecular flexibility index (Phi) is 4.86. The quantitative estimate of drug-likeness (QED) is 0.890. The third kappa shape index (κ3) is 3.50. The average molecular weight is 341 g/mol. The van der Waals surface area contributed by atoms with Gasteiger partial charge in [-0.05, 0) is 30.7 Å². The van der Waals surface area contributed by atoms with Crippen LogP contribution in [0.25, 0.3) is 0 Å². The van der Waals surface area contributed by atoms with Crippen LogP contribution in [-0.4, -0.2) is 6.54 Å². The van der Waals surface area contributed by atoms with Crippen molar-refractivity contribution in [2.75, 3.05) is 6.54 Å². The number of benzene rings is 2. The first-order chi connectivity index (χ1) is 9.11. The summed E-state index contributed by atoms with van der Waals surface area (Å²) in [7, 11) is 0. The summed E-state index contributed by atoms with van der Waals surface area (Å²) in [4.78, 5) is 0. The Morgan fingerprint density at radius 1 is 1.26 bits per heavy atom. The van der Waals surface area contributed by atoms with Crippen molar-refractivity contribution >= 4 is 27.5 Å². The van der Waals surface area contributed by atoms with Crippen LogP contribution in [0.15, 0.2) is 46.9 Å². The second-order valence-electron chi connectivity index (χ2n) is 4.27. The lowest BCUT2D eigenvalue weighted by Gasteiger charge is -2.20. The molecule has 0 heterocycles. The van der Waals surface area contributed by atoms with Crippen LogP contribution in [0.5, 0.6) is 5.75 Å². The molecule has 0 aliphatic heterocycles. The van der Waals surface area contributed by atoms with Gasteiger partial charge in [-0.3, -0.25) is 0 Å². The van der Waals surface area contributed by atoms with Crippen LogP contribution in [0, 0.1) is 6.92 Å². The minimum atomic E-state index is -0.201. The van der Waals surface area contributed by atoms with Gasteiger partial charge in [0.1, 0.15) is 11.9 Å². The molecular weight excluding hydrogens is 326 g/mol. The normalized spacial score (nSPS) is 12.2. The SMILES string of the molecule is Cc1ccc(Cl)cc1OC(CN)c1ccccc1Br. The van der Waals surface area contributed by atoms with Crippen LogP contribution in [-0.2, 0) is 0 Å². The summed E-state index contributed by atoms with van der Waals surface area (Å²) in [6.45, 7) is 2.38. The molecule has 4 heteroatoms. The molecular formula is C15H15BrClNO. The molecule has 0 bridgehead atoms. The predicted molar refractivity (Wildman–Crippen MR) is 82.8 cm³/mol. The van der Waals surface area contributed by atoms with Crippen LogP contribution in [0.4, 0.5) is 0 Å². The predicted octanol–water partition coefficient (Wildman–Crippen LogP) is 4.49. The van der Waals surface area contributed by atoms with Crippen molar-refractivity contribution in [1.82, 2.24) is 0 Å². The fourth-order valence-corrected chi connectivity index (χ4v) is 2.53. The van der Waals surface area contributed by atoms with Crippen LogP contribution in [0.1, 0.15) is 17.2 Å². The fourth-order valence-electron chi connectivity index (χ4n) is 1.83. The van der Waals surface area contributed by atoms with Crippen molar-refractivity contribution in [3.05, 3.63) is 63.1 Å². The van der Waals surface area contributed by atoms with Gasteiger partial charge in [-0.1, -0.05) is 51.8 Å². The number of hydrogen-bond donors (Lipinski definition) is 1. The highest BCUT2D eigenvalue weighted by molar-refractivity contribution is 9.10. The lowest BCUT2D eigenvalue weighted by molar-refractivity contribution is 0.212. The highest BCUT2D eigenvalue weighted by Gasteiger charge is 2.15. The Morgan fingerprint density at radius 3 is 2.68 bits per heavy atom. The van der Waals surface area contributed by atoms with Gasteiger partial charge in [-0.2, -0.15) is 0 Å². The number of aryl methyl sites for hydroxylation is 1. The summed E-state index contributed by atoms with van der Waals surface area (Å²) in [5.74, 6) is 0.763. The zero-order valence-corrected chi connectivity index (χ0v) is 12.9. The molecule has 2 aromatic rings. The molecule has 2 aromatic carbocycles. The molecule has 1 unspecified atom stereocenters. The molecule has 0 aliphatic carbocycles. The van der Waals surface area contributed by atoms with Gasteiger partial charge < -0.3 is 10.5 Å². The molecule has 2 rings (SSSR count). The zero-order chi connectivity index (χ0) is 13.8. The van der Waals surface area contributed by atoms with E-state index in [1.165, 1.54) is 0 Å². The van der Waals surface area contributed by atoms with E-state index in [0.29, 0.717) is 11.6 Å². The van der Waals surface area contributed by atoms with E-state index >= 15 is 0 Å². The summed E-state index contributed by atoms with van der Waals surface area (Å²) in [6.07, 6.45) is -0.201. The maximum absolute atomic E-state index is 6.00. The van der Waals surface area contributed by atoms with Crippen LogP contribution in [0.3, 0.4) is 0 Å². The fraction of sp³-hybridized carbons (Fsp3) is 0.200. The maximum atomic E-state index is 6.00. The first-order valence-corrected chi connectivity index (χ1v) is 7.16. The Bertz CT molecular complexity index is 574. The highest BCUT2D eigenvalue weighted by atomic mass is 79.9. The average Bonchev–Trinajstić information content (AvgIpc) is 2.41. The topological polar surface area (TPSA) is 35.2 Å². The molecule has 0 amide bonds. The van der Waals surface area contributed by atoms with E-state index in [-0.39, 0.29) is 6.10 Å². The Balaban J connectivity index is 2.29. The molecule has 0 fully saturated rings. The Hall–Kier alpha value is -1.03. The molecule has 2 N–H and O–H groups in total. The van der Waals surface area contributed by atoms with Gasteiger partial charge in [-0.15, -0.1) is 0 Å². The maximum Gasteiger partial charge on any atom is 0.137 e. The summed E-state index contributed by atoms with van der Waals surface area (Å²) < 4.78 is 6.99. The number of rotatable bonds is 4. The smallest absolute Gasteiger partial charge is 0.137 e. The molecule has 19 heavy (non-hydrogen) atoms. The molecule has 0 aliphatic rings. The first-order valence-electron chi connectivity index (χ1n) is 5.99. The Morgan fingerprint density at radius 2 is 2.00 bits per heavy atom. The van der Waals surface area contributed by atoms with Crippen molar-refractivity contribution in [2.24, 2.45) is 5.73 Å². The molecule has 100 valence electrons. The molecule has 2 nitrogen and oxygen atoms in total. The van der Waals surface area contributed by atoms with E-state index < -0.39 is 0 Å². The van der Waals surface area contributed by atoms with Gasteiger partial charge in [0.2, 0.25) is 0 Å². The van der Waals surface area contributed by atoms with E-state index in [2.05, 4.69) is 15.9 Å². The van der Waals surface area contributed by atoms with E-state index in [0.717, 1.165) is 21.3 Å². The summed E-state index contributed by atoms with van der Waals surface area (Å²) >= 11 is 9.52. The van der Waals surface area contributed by atoms with Crippen molar-refractivity contribution < 1.29 is 4.74 Å². The molecule has 0 saturated carbocycles. The van der Waals surface area contributed by atoms with Crippen LogP contribution < -0.4 is 10.5 Å². The van der Waals surface area contributed by atoms with Gasteiger partial charge in [0, 0.05) is 21.6 Å². The van der Waals surface area contributed by atoms with Crippen molar-refractivity contribution in [3.8, 4) is 5.75 Å². The highest BCUT2D eigenvalue weighted by Crippen LogP contribution is 2.30. The molecule has 0 radical (unpaired) electrons. The van der Waals surface area contributed by atoms with Gasteiger partial charge in [0.15, 0.2) is 0 Å². The minimum Gasteiger partial charge on any atom is -0.484 e.